The van der Waals surface area contributed by atoms with Crippen LogP contribution in [0.1, 0.15) is 67.2 Å². The van der Waals surface area contributed by atoms with Crippen LogP contribution in [0.25, 0.3) is 0 Å². The van der Waals surface area contributed by atoms with Crippen LogP contribution in [-0.2, 0) is 93.5 Å². The van der Waals surface area contributed by atoms with Crippen molar-refractivity contribution in [2.24, 2.45) is 0 Å². The quantitative estimate of drug-likeness (QED) is 0.0226. The molecule has 2 amide bonds. The average molecular weight is 905 g/mol. The second kappa shape index (κ2) is 33.1. The van der Waals surface area contributed by atoms with E-state index in [9.17, 15) is 37.9 Å². The fourth-order valence-electron chi connectivity index (χ4n) is 4.27. The van der Waals surface area contributed by atoms with Crippen molar-refractivity contribution in [3.05, 3.63) is 25.3 Å². The molecule has 6 atom stereocenters. The molecule has 0 aromatic carbocycles. The normalized spacial score (nSPS) is 15.1. The topological polar surface area (TPSA) is 271 Å². The van der Waals surface area contributed by atoms with Crippen LogP contribution in [0.15, 0.2) is 25.3 Å². The highest BCUT2D eigenvalue weighted by Crippen LogP contribution is 2.50. The van der Waals surface area contributed by atoms with Gasteiger partial charge in [0.25, 0.3) is 0 Å². The average Bonchev–Trinajstić information content (AvgIpc) is 3.15. The standard InChI is InChI=1S/C36H62N2O20P2/c1-9-16-49-59(45,53-25-33(57-31(7)41)23-47-19-12-27(3)55-29(5)39)51-18-11-14-37-35(43)22-36(44)38-15-21-52-60(46,50-17-10-2)54-26-34(58-32(8)42)24-48-20-13-28(4)56-30(6)40/h9-10,27-28,33-34H,1-2,11-26H2,3-8H3,(H,37,43)(H,38,44)/t27-,28-,33+,34+,59?,60?/m1/s1. The maximum Gasteiger partial charge on any atom is 0.475 e. The zero-order chi connectivity index (χ0) is 45.4. The third-order valence-corrected chi connectivity index (χ3v) is 9.63. The summed E-state index contributed by atoms with van der Waals surface area (Å²) in [7, 11) is -8.46. The fraction of sp³-hybridized carbons (Fsp3) is 0.722. The highest BCUT2D eigenvalue weighted by atomic mass is 31.2. The van der Waals surface area contributed by atoms with Gasteiger partial charge in [-0.2, -0.15) is 0 Å². The molecule has 0 radical (unpaired) electrons. The maximum absolute atomic E-state index is 13.2. The first-order valence-electron chi connectivity index (χ1n) is 19.0. The lowest BCUT2D eigenvalue weighted by molar-refractivity contribution is -0.153. The monoisotopic (exact) mass is 904 g/mol. The fourth-order valence-corrected chi connectivity index (χ4v) is 6.66. The molecule has 0 spiro atoms. The number of hydrogen-bond donors (Lipinski definition) is 2. The van der Waals surface area contributed by atoms with Gasteiger partial charge in [-0.05, 0) is 20.3 Å². The first kappa shape index (κ1) is 56.4. The molecule has 0 aliphatic rings. The van der Waals surface area contributed by atoms with Gasteiger partial charge in [0.05, 0.1) is 66.1 Å². The van der Waals surface area contributed by atoms with Gasteiger partial charge < -0.3 is 39.1 Å². The molecule has 2 unspecified atom stereocenters. The first-order chi connectivity index (χ1) is 28.3. The first-order valence-corrected chi connectivity index (χ1v) is 21.9. The molecule has 0 bridgehead atoms. The molecule has 24 heteroatoms. The highest BCUT2D eigenvalue weighted by Gasteiger charge is 2.30. The third kappa shape index (κ3) is 32.2. The molecule has 346 valence electrons. The molecule has 22 nitrogen and oxygen atoms in total. The molecule has 0 aromatic heterocycles. The maximum atomic E-state index is 13.2. The van der Waals surface area contributed by atoms with E-state index in [0.717, 1.165) is 0 Å². The van der Waals surface area contributed by atoms with Gasteiger partial charge in [0.15, 0.2) is 0 Å². The van der Waals surface area contributed by atoms with Crippen molar-refractivity contribution >= 4 is 51.3 Å². The van der Waals surface area contributed by atoms with E-state index in [4.69, 9.17) is 55.6 Å². The predicted molar refractivity (Wildman–Crippen MR) is 211 cm³/mol. The highest BCUT2D eigenvalue weighted by molar-refractivity contribution is 7.48. The number of phosphoric acid groups is 2. The van der Waals surface area contributed by atoms with Gasteiger partial charge in [-0.25, -0.2) is 9.13 Å². The van der Waals surface area contributed by atoms with Crippen LogP contribution in [0.4, 0.5) is 0 Å². The van der Waals surface area contributed by atoms with Crippen molar-refractivity contribution in [1.29, 1.82) is 0 Å². The molecule has 0 aliphatic heterocycles. The molecule has 0 saturated heterocycles. The van der Waals surface area contributed by atoms with Gasteiger partial charge in [-0.3, -0.25) is 55.9 Å². The predicted octanol–water partition coefficient (Wildman–Crippen LogP) is 3.27. The molecule has 0 aliphatic carbocycles. The Bertz CT molecular complexity index is 1430. The van der Waals surface area contributed by atoms with E-state index in [-0.39, 0.29) is 72.4 Å². The summed E-state index contributed by atoms with van der Waals surface area (Å²) in [5.74, 6) is -3.49. The minimum atomic E-state index is -4.26. The number of hydrogen-bond acceptors (Lipinski definition) is 20. The van der Waals surface area contributed by atoms with E-state index in [1.54, 1.807) is 13.8 Å². The summed E-state index contributed by atoms with van der Waals surface area (Å²) in [6.07, 6.45) is 0.160. The van der Waals surface area contributed by atoms with Gasteiger partial charge in [0, 0.05) is 53.6 Å². The van der Waals surface area contributed by atoms with E-state index in [1.807, 2.05) is 0 Å². The van der Waals surface area contributed by atoms with E-state index < -0.39 is 95.4 Å². The zero-order valence-corrected chi connectivity index (χ0v) is 37.0. The van der Waals surface area contributed by atoms with Crippen molar-refractivity contribution in [3.63, 3.8) is 0 Å². The van der Waals surface area contributed by atoms with Gasteiger partial charge in [0.2, 0.25) is 11.8 Å². The summed E-state index contributed by atoms with van der Waals surface area (Å²) >= 11 is 0. The van der Waals surface area contributed by atoms with Crippen LogP contribution >= 0.6 is 15.6 Å². The summed E-state index contributed by atoms with van der Waals surface area (Å²) in [6, 6.07) is 0. The number of ether oxygens (including phenoxy) is 6. The Balaban J connectivity index is 4.79. The number of nitrogens with one attached hydrogen (secondary N) is 2. The van der Waals surface area contributed by atoms with Gasteiger partial charge in [-0.15, -0.1) is 13.2 Å². The molecular weight excluding hydrogens is 842 g/mol. The third-order valence-electron chi connectivity index (χ3n) is 6.77. The Labute approximate surface area is 351 Å². The summed E-state index contributed by atoms with van der Waals surface area (Å²) in [5, 5.41) is 4.94. The second-order valence-corrected chi connectivity index (χ2v) is 15.9. The number of esters is 4. The van der Waals surface area contributed by atoms with Gasteiger partial charge in [0.1, 0.15) is 30.8 Å². The lowest BCUT2D eigenvalue weighted by atomic mass is 10.3. The SMILES string of the molecule is C=CCOP(=O)(OCCCNC(=O)CC(=O)NCCOP(=O)(OCC=C)OC[C@H](COCC[C@@H](C)OC(C)=O)OC(C)=O)OC[C@H](COCC[C@@H](C)OC(C)=O)OC(C)=O. The van der Waals surface area contributed by atoms with Crippen molar-refractivity contribution in [2.75, 3.05) is 79.2 Å². The van der Waals surface area contributed by atoms with Crippen LogP contribution in [0.2, 0.25) is 0 Å². The van der Waals surface area contributed by atoms with Crippen molar-refractivity contribution in [1.82, 2.24) is 10.6 Å². The minimum absolute atomic E-state index is 0.0142. The van der Waals surface area contributed by atoms with E-state index >= 15 is 0 Å². The molecule has 2 N–H and O–H groups in total. The number of carbonyl (C=O) groups is 6. The number of phosphoric ester groups is 2. The van der Waals surface area contributed by atoms with Gasteiger partial charge in [-0.1, -0.05) is 12.2 Å². The molecular formula is C36H62N2O20P2. The second-order valence-electron chi connectivity index (χ2n) is 12.6. The molecule has 0 saturated carbocycles. The molecule has 0 aromatic rings. The summed E-state index contributed by atoms with van der Waals surface area (Å²) < 4.78 is 89.5. The Hall–Kier alpha value is -3.56. The Morgan fingerprint density at radius 3 is 1.33 bits per heavy atom. The van der Waals surface area contributed by atoms with Gasteiger partial charge >= 0.3 is 39.5 Å². The molecule has 0 heterocycles. The van der Waals surface area contributed by atoms with E-state index in [1.165, 1.54) is 39.8 Å². The number of rotatable bonds is 37. The Kier molecular flexibility index (Phi) is 31.1. The smallest absolute Gasteiger partial charge is 0.463 e. The Morgan fingerprint density at radius 2 is 0.933 bits per heavy atom. The summed E-state index contributed by atoms with van der Waals surface area (Å²) in [6.45, 7) is 13.3. The zero-order valence-electron chi connectivity index (χ0n) is 35.3. The summed E-state index contributed by atoms with van der Waals surface area (Å²) in [5.41, 5.74) is 0. The number of carbonyl (C=O) groups excluding carboxylic acids is 6. The lowest BCUT2D eigenvalue weighted by Crippen LogP contribution is -2.34. The number of amides is 2. The van der Waals surface area contributed by atoms with E-state index in [0.29, 0.717) is 12.8 Å². The van der Waals surface area contributed by atoms with E-state index in [2.05, 4.69) is 23.8 Å². The van der Waals surface area contributed by atoms with Crippen LogP contribution in [0.5, 0.6) is 0 Å². The van der Waals surface area contributed by atoms with Crippen LogP contribution in [-0.4, -0.2) is 139 Å². The van der Waals surface area contributed by atoms with Crippen LogP contribution in [0.3, 0.4) is 0 Å². The van der Waals surface area contributed by atoms with Crippen LogP contribution < -0.4 is 10.6 Å². The molecule has 0 fully saturated rings. The van der Waals surface area contributed by atoms with Crippen molar-refractivity contribution in [3.8, 4) is 0 Å². The molecule has 0 rings (SSSR count). The Morgan fingerprint density at radius 1 is 0.533 bits per heavy atom. The molecule has 60 heavy (non-hydrogen) atoms. The largest absolute Gasteiger partial charge is 0.475 e. The van der Waals surface area contributed by atoms with Crippen molar-refractivity contribution < 1.29 is 93.5 Å². The lowest BCUT2D eigenvalue weighted by Gasteiger charge is -2.22. The minimum Gasteiger partial charge on any atom is -0.463 e. The van der Waals surface area contributed by atoms with Crippen molar-refractivity contribution in [2.45, 2.75) is 91.6 Å². The summed E-state index contributed by atoms with van der Waals surface area (Å²) in [4.78, 5) is 70.0. The van der Waals surface area contributed by atoms with Crippen LogP contribution in [0, 0.1) is 0 Å².